The van der Waals surface area contributed by atoms with Crippen LogP contribution >= 0.6 is 15.9 Å². The summed E-state index contributed by atoms with van der Waals surface area (Å²) < 4.78 is 2.38. The number of nitrogens with zero attached hydrogens (tertiary/aromatic N) is 2. The van der Waals surface area contributed by atoms with Gasteiger partial charge in [-0.25, -0.2) is 4.98 Å². The molecule has 0 aliphatic rings. The molecule has 0 saturated carbocycles. The van der Waals surface area contributed by atoms with Crippen molar-refractivity contribution in [3.8, 4) is 5.69 Å². The molecule has 0 fully saturated rings. The molecule has 0 bridgehead atoms. The average Bonchev–Trinajstić information content (AvgIpc) is 2.43. The van der Waals surface area contributed by atoms with E-state index in [1.54, 1.807) is 16.7 Å². The summed E-state index contributed by atoms with van der Waals surface area (Å²) in [5.74, 6) is 0.635. The predicted octanol–water partition coefficient (Wildman–Crippen LogP) is 3.04. The van der Waals surface area contributed by atoms with Crippen LogP contribution < -0.4 is 11.3 Å². The molecule has 20 heavy (non-hydrogen) atoms. The summed E-state index contributed by atoms with van der Waals surface area (Å²) in [4.78, 5) is 17.1. The lowest BCUT2D eigenvalue weighted by molar-refractivity contribution is 0.895. The van der Waals surface area contributed by atoms with E-state index >= 15 is 0 Å². The Hall–Kier alpha value is -2.14. The van der Waals surface area contributed by atoms with Gasteiger partial charge in [-0.1, -0.05) is 12.1 Å². The van der Waals surface area contributed by atoms with Gasteiger partial charge in [0.25, 0.3) is 5.56 Å². The number of nitrogens with two attached hydrogens (primary N) is 1. The topological polar surface area (TPSA) is 60.9 Å². The normalized spacial score (nSPS) is 10.9. The molecule has 0 amide bonds. The molecule has 0 aliphatic carbocycles. The second-order valence-corrected chi connectivity index (χ2v) is 5.38. The number of benzene rings is 2. The lowest BCUT2D eigenvalue weighted by Gasteiger charge is -2.11. The van der Waals surface area contributed by atoms with Gasteiger partial charge in [0.15, 0.2) is 0 Å². The number of nitrogen functional groups attached to an aromatic ring is 1. The van der Waals surface area contributed by atoms with Crippen molar-refractivity contribution < 1.29 is 0 Å². The number of hydrogen-bond donors (Lipinski definition) is 1. The van der Waals surface area contributed by atoms with Gasteiger partial charge in [-0.05, 0) is 53.2 Å². The summed E-state index contributed by atoms with van der Waals surface area (Å²) in [6.07, 6.45) is 0. The zero-order valence-corrected chi connectivity index (χ0v) is 12.4. The molecular weight excluding hydrogens is 318 g/mol. The molecule has 2 aromatic carbocycles. The highest BCUT2D eigenvalue weighted by Crippen LogP contribution is 2.22. The first-order valence-electron chi connectivity index (χ1n) is 6.12. The van der Waals surface area contributed by atoms with Gasteiger partial charge in [0.2, 0.25) is 0 Å². The third kappa shape index (κ3) is 2.00. The lowest BCUT2D eigenvalue weighted by Crippen LogP contribution is -2.22. The Morgan fingerprint density at radius 1 is 1.20 bits per heavy atom. The molecular formula is C15H12BrN3O. The van der Waals surface area contributed by atoms with Crippen LogP contribution in [0.2, 0.25) is 0 Å². The van der Waals surface area contributed by atoms with Crippen molar-refractivity contribution in [3.63, 3.8) is 0 Å². The molecule has 0 radical (unpaired) electrons. The minimum Gasteiger partial charge on any atom is -0.398 e. The minimum absolute atomic E-state index is 0.0881. The van der Waals surface area contributed by atoms with Gasteiger partial charge < -0.3 is 5.73 Å². The number of hydrogen-bond acceptors (Lipinski definition) is 3. The van der Waals surface area contributed by atoms with Crippen LogP contribution in [0.15, 0.2) is 51.7 Å². The maximum absolute atomic E-state index is 12.6. The summed E-state index contributed by atoms with van der Waals surface area (Å²) in [6.45, 7) is 1.81. The zero-order valence-electron chi connectivity index (χ0n) is 10.8. The van der Waals surface area contributed by atoms with E-state index in [1.807, 2.05) is 37.3 Å². The first-order chi connectivity index (χ1) is 9.58. The van der Waals surface area contributed by atoms with Crippen molar-refractivity contribution in [1.82, 2.24) is 9.55 Å². The molecule has 0 aliphatic heterocycles. The molecule has 1 heterocycles. The van der Waals surface area contributed by atoms with Crippen molar-refractivity contribution in [3.05, 3.63) is 63.1 Å². The fourth-order valence-corrected chi connectivity index (χ4v) is 2.46. The van der Waals surface area contributed by atoms with Gasteiger partial charge in [-0.2, -0.15) is 0 Å². The third-order valence-electron chi connectivity index (χ3n) is 3.18. The van der Waals surface area contributed by atoms with Gasteiger partial charge >= 0.3 is 0 Å². The average molecular weight is 330 g/mol. The van der Waals surface area contributed by atoms with Crippen molar-refractivity contribution in [1.29, 1.82) is 0 Å². The first kappa shape index (κ1) is 12.9. The summed E-state index contributed by atoms with van der Waals surface area (Å²) >= 11 is 3.35. The molecule has 100 valence electrons. The fourth-order valence-electron chi connectivity index (χ4n) is 2.22. The van der Waals surface area contributed by atoms with Crippen LogP contribution in [-0.2, 0) is 0 Å². The van der Waals surface area contributed by atoms with E-state index in [0.29, 0.717) is 28.1 Å². The first-order valence-corrected chi connectivity index (χ1v) is 6.91. The largest absolute Gasteiger partial charge is 0.398 e. The number of rotatable bonds is 1. The van der Waals surface area contributed by atoms with Crippen LogP contribution in [0.5, 0.6) is 0 Å². The number of fused-ring (bicyclic) bond motifs is 1. The SMILES string of the molecule is Cc1nc2ccccc2c(=O)n1-c1ccc(Br)c(N)c1. The molecule has 4 nitrogen and oxygen atoms in total. The molecule has 3 rings (SSSR count). The van der Waals surface area contributed by atoms with E-state index in [1.165, 1.54) is 0 Å². The lowest BCUT2D eigenvalue weighted by atomic mass is 10.2. The third-order valence-corrected chi connectivity index (χ3v) is 3.90. The fraction of sp³-hybridized carbons (Fsp3) is 0.0667. The summed E-state index contributed by atoms with van der Waals surface area (Å²) in [6, 6.07) is 12.7. The highest BCUT2D eigenvalue weighted by molar-refractivity contribution is 9.10. The van der Waals surface area contributed by atoms with E-state index in [-0.39, 0.29) is 5.56 Å². The van der Waals surface area contributed by atoms with Crippen LogP contribution in [0.25, 0.3) is 16.6 Å². The molecule has 3 aromatic rings. The van der Waals surface area contributed by atoms with Crippen LogP contribution in [0, 0.1) is 6.92 Å². The van der Waals surface area contributed by atoms with Gasteiger partial charge in [-0.3, -0.25) is 9.36 Å². The highest BCUT2D eigenvalue weighted by Gasteiger charge is 2.10. The second-order valence-electron chi connectivity index (χ2n) is 4.52. The molecule has 0 unspecified atom stereocenters. The summed E-state index contributed by atoms with van der Waals surface area (Å²) in [5, 5.41) is 0.597. The zero-order chi connectivity index (χ0) is 14.3. The quantitative estimate of drug-likeness (QED) is 0.698. The summed E-state index contributed by atoms with van der Waals surface area (Å²) in [7, 11) is 0. The number of aromatic nitrogens is 2. The van der Waals surface area contributed by atoms with E-state index < -0.39 is 0 Å². The molecule has 0 spiro atoms. The van der Waals surface area contributed by atoms with Crippen LogP contribution in [0.3, 0.4) is 0 Å². The van der Waals surface area contributed by atoms with Gasteiger partial charge in [-0.15, -0.1) is 0 Å². The number of para-hydroxylation sites is 1. The molecule has 0 saturated heterocycles. The Kier molecular flexibility index (Phi) is 3.06. The highest BCUT2D eigenvalue weighted by atomic mass is 79.9. The maximum atomic E-state index is 12.6. The standard InChI is InChI=1S/C15H12BrN3O/c1-9-18-14-5-3-2-4-11(14)15(20)19(9)10-6-7-12(16)13(17)8-10/h2-8H,17H2,1H3. The van der Waals surface area contributed by atoms with E-state index in [0.717, 1.165) is 4.47 Å². The van der Waals surface area contributed by atoms with E-state index in [9.17, 15) is 4.79 Å². The van der Waals surface area contributed by atoms with E-state index in [2.05, 4.69) is 20.9 Å². The van der Waals surface area contributed by atoms with Crippen molar-refractivity contribution in [2.45, 2.75) is 6.92 Å². The van der Waals surface area contributed by atoms with Crippen LogP contribution in [-0.4, -0.2) is 9.55 Å². The Labute approximate surface area is 124 Å². The van der Waals surface area contributed by atoms with Gasteiger partial charge in [0.05, 0.1) is 16.6 Å². The van der Waals surface area contributed by atoms with Crippen LogP contribution in [0.4, 0.5) is 5.69 Å². The molecule has 0 atom stereocenters. The summed E-state index contributed by atoms with van der Waals surface area (Å²) in [5.41, 5.74) is 7.80. The van der Waals surface area contributed by atoms with Crippen molar-refractivity contribution in [2.24, 2.45) is 0 Å². The molecule has 2 N–H and O–H groups in total. The number of aryl methyl sites for hydroxylation is 1. The Balaban J connectivity index is 2.36. The molecule has 5 heteroatoms. The monoisotopic (exact) mass is 329 g/mol. The Morgan fingerprint density at radius 2 is 1.95 bits per heavy atom. The van der Waals surface area contributed by atoms with Crippen molar-refractivity contribution in [2.75, 3.05) is 5.73 Å². The number of anilines is 1. The second kappa shape index (κ2) is 4.76. The Morgan fingerprint density at radius 3 is 2.70 bits per heavy atom. The maximum Gasteiger partial charge on any atom is 0.265 e. The van der Waals surface area contributed by atoms with E-state index in [4.69, 9.17) is 5.73 Å². The van der Waals surface area contributed by atoms with Gasteiger partial charge in [0.1, 0.15) is 5.82 Å². The smallest absolute Gasteiger partial charge is 0.265 e. The van der Waals surface area contributed by atoms with Gasteiger partial charge in [0, 0.05) is 10.2 Å². The molecule has 1 aromatic heterocycles. The Bertz CT molecular complexity index is 871. The van der Waals surface area contributed by atoms with Crippen LogP contribution in [0.1, 0.15) is 5.82 Å². The minimum atomic E-state index is -0.0881. The predicted molar refractivity (Wildman–Crippen MR) is 84.2 cm³/mol. The number of halogens is 1. The van der Waals surface area contributed by atoms with Crippen molar-refractivity contribution >= 4 is 32.5 Å².